The Hall–Kier alpha value is -1.42. The molecule has 1 aromatic heterocycles. The first-order chi connectivity index (χ1) is 6.25. The quantitative estimate of drug-likeness (QED) is 0.706. The highest BCUT2D eigenvalue weighted by molar-refractivity contribution is 7.71. The second-order valence-corrected chi connectivity index (χ2v) is 3.18. The van der Waals surface area contributed by atoms with Crippen LogP contribution >= 0.6 is 12.2 Å². The summed E-state index contributed by atoms with van der Waals surface area (Å²) in [5.41, 5.74) is 2.19. The van der Waals surface area contributed by atoms with Gasteiger partial charge in [-0.2, -0.15) is 0 Å². The van der Waals surface area contributed by atoms with Crippen LogP contribution in [0.1, 0.15) is 5.56 Å². The monoisotopic (exact) mass is 192 g/mol. The molecule has 1 heterocycles. The van der Waals surface area contributed by atoms with Crippen LogP contribution in [-0.2, 0) is 0 Å². The van der Waals surface area contributed by atoms with E-state index in [1.165, 1.54) is 5.56 Å². The summed E-state index contributed by atoms with van der Waals surface area (Å²) < 4.78 is 4.76. The van der Waals surface area contributed by atoms with Crippen LogP contribution in [0.2, 0.25) is 0 Å². The van der Waals surface area contributed by atoms with Crippen molar-refractivity contribution in [3.05, 3.63) is 34.7 Å². The first-order valence-electron chi connectivity index (χ1n) is 3.89. The van der Waals surface area contributed by atoms with Crippen molar-refractivity contribution in [2.24, 2.45) is 0 Å². The van der Waals surface area contributed by atoms with E-state index in [0.29, 0.717) is 10.7 Å². The summed E-state index contributed by atoms with van der Waals surface area (Å²) in [6.45, 7) is 2.04. The largest absolute Gasteiger partial charge is 0.324 e. The summed E-state index contributed by atoms with van der Waals surface area (Å²) in [6, 6.07) is 7.97. The van der Waals surface area contributed by atoms with E-state index in [1.54, 1.807) is 0 Å². The summed E-state index contributed by atoms with van der Waals surface area (Å²) in [5.74, 6) is 0.671. The lowest BCUT2D eigenvalue weighted by Gasteiger charge is -1.94. The van der Waals surface area contributed by atoms with Crippen LogP contribution in [-0.4, -0.2) is 10.1 Å². The Balaban J connectivity index is 2.47. The van der Waals surface area contributed by atoms with E-state index in [-0.39, 0.29) is 0 Å². The number of rotatable bonds is 1. The summed E-state index contributed by atoms with van der Waals surface area (Å²) in [7, 11) is 0. The molecule has 0 spiro atoms. The minimum Gasteiger partial charge on any atom is -0.324 e. The molecule has 0 saturated carbocycles. The summed E-state index contributed by atoms with van der Waals surface area (Å²) in [4.78, 5) is 3.15. The van der Waals surface area contributed by atoms with E-state index < -0.39 is 0 Å². The fourth-order valence-corrected chi connectivity index (χ4v) is 1.20. The molecule has 13 heavy (non-hydrogen) atoms. The van der Waals surface area contributed by atoms with Gasteiger partial charge in [0, 0.05) is 5.56 Å². The van der Waals surface area contributed by atoms with Gasteiger partial charge in [-0.05, 0) is 19.1 Å². The van der Waals surface area contributed by atoms with E-state index in [1.807, 2.05) is 31.2 Å². The lowest BCUT2D eigenvalue weighted by Crippen LogP contribution is -1.79. The summed E-state index contributed by atoms with van der Waals surface area (Å²) in [6.07, 6.45) is 0. The second-order valence-electron chi connectivity index (χ2n) is 2.81. The number of hydrogen-bond acceptors (Lipinski definition) is 3. The number of hydrogen-bond donors (Lipinski definition) is 1. The minimum absolute atomic E-state index is 0.301. The maximum Gasteiger partial charge on any atom is 0.295 e. The van der Waals surface area contributed by atoms with Gasteiger partial charge in [-0.15, -0.1) is 0 Å². The first kappa shape index (κ1) is 8.19. The van der Waals surface area contributed by atoms with Gasteiger partial charge in [0.05, 0.1) is 0 Å². The maximum atomic E-state index is 4.77. The Bertz CT molecular complexity index is 455. The second kappa shape index (κ2) is 3.14. The van der Waals surface area contributed by atoms with Gasteiger partial charge in [-0.25, -0.2) is 0 Å². The van der Waals surface area contributed by atoms with Gasteiger partial charge in [0.2, 0.25) is 0 Å². The van der Waals surface area contributed by atoms with E-state index in [9.17, 15) is 0 Å². The number of aromatic nitrogens is 2. The third-order valence-corrected chi connectivity index (χ3v) is 1.94. The normalized spacial score (nSPS) is 10.2. The molecule has 0 aliphatic heterocycles. The predicted octanol–water partition coefficient (Wildman–Crippen LogP) is 2.71. The van der Waals surface area contributed by atoms with Crippen molar-refractivity contribution in [1.82, 2.24) is 10.1 Å². The van der Waals surface area contributed by atoms with Crippen molar-refractivity contribution in [2.75, 3.05) is 0 Å². The van der Waals surface area contributed by atoms with Gasteiger partial charge in [0.1, 0.15) is 0 Å². The van der Waals surface area contributed by atoms with Crippen LogP contribution in [0.5, 0.6) is 0 Å². The fraction of sp³-hybridized carbons (Fsp3) is 0.111. The van der Waals surface area contributed by atoms with Gasteiger partial charge in [0.25, 0.3) is 4.84 Å². The molecule has 0 fully saturated rings. The van der Waals surface area contributed by atoms with E-state index in [4.69, 9.17) is 16.7 Å². The number of nitrogens with one attached hydrogen (secondary N) is 1. The molecule has 0 bridgehead atoms. The standard InChI is InChI=1S/C9H8N2OS/c1-6-2-4-7(5-3-6)8-10-9(13)12-11-8/h2-5H,1H3,(H,10,11,13). The first-order valence-corrected chi connectivity index (χ1v) is 4.29. The molecule has 1 N–H and O–H groups in total. The molecule has 0 unspecified atom stereocenters. The highest BCUT2D eigenvalue weighted by Gasteiger charge is 2.00. The predicted molar refractivity (Wildman–Crippen MR) is 51.9 cm³/mol. The smallest absolute Gasteiger partial charge is 0.295 e. The van der Waals surface area contributed by atoms with Gasteiger partial charge in [-0.1, -0.05) is 35.0 Å². The number of aromatic amines is 1. The number of H-pyrrole nitrogens is 1. The lowest BCUT2D eigenvalue weighted by molar-refractivity contribution is 0.406. The Morgan fingerprint density at radius 2 is 2.00 bits per heavy atom. The molecular weight excluding hydrogens is 184 g/mol. The van der Waals surface area contributed by atoms with Crippen LogP contribution in [0.15, 0.2) is 28.8 Å². The van der Waals surface area contributed by atoms with Crippen LogP contribution in [0.25, 0.3) is 11.4 Å². The SMILES string of the molecule is Cc1ccc(-c2noc(=S)[nH]2)cc1. The molecule has 1 aromatic carbocycles. The Kier molecular flexibility index (Phi) is 1.98. The average molecular weight is 192 g/mol. The Morgan fingerprint density at radius 1 is 1.31 bits per heavy atom. The highest BCUT2D eigenvalue weighted by Crippen LogP contribution is 2.14. The van der Waals surface area contributed by atoms with Crippen LogP contribution in [0.4, 0.5) is 0 Å². The van der Waals surface area contributed by atoms with E-state index in [2.05, 4.69) is 10.1 Å². The zero-order chi connectivity index (χ0) is 9.26. The molecule has 4 heteroatoms. The third-order valence-electron chi connectivity index (χ3n) is 1.77. The van der Waals surface area contributed by atoms with Crippen LogP contribution in [0.3, 0.4) is 0 Å². The van der Waals surface area contributed by atoms with Gasteiger partial charge < -0.3 is 4.52 Å². The van der Waals surface area contributed by atoms with Crippen molar-refractivity contribution < 1.29 is 4.52 Å². The fourth-order valence-electron chi connectivity index (χ4n) is 1.07. The Morgan fingerprint density at radius 3 is 2.54 bits per heavy atom. The molecule has 0 aliphatic rings. The molecule has 2 rings (SSSR count). The number of nitrogens with zero attached hydrogens (tertiary/aromatic N) is 1. The van der Waals surface area contributed by atoms with Crippen molar-refractivity contribution in [2.45, 2.75) is 6.92 Å². The topological polar surface area (TPSA) is 41.8 Å². The van der Waals surface area contributed by atoms with E-state index in [0.717, 1.165) is 5.56 Å². The van der Waals surface area contributed by atoms with Crippen LogP contribution < -0.4 is 0 Å². The van der Waals surface area contributed by atoms with E-state index >= 15 is 0 Å². The Labute approximate surface area is 80.4 Å². The molecule has 3 nitrogen and oxygen atoms in total. The number of benzene rings is 1. The highest BCUT2D eigenvalue weighted by atomic mass is 32.1. The zero-order valence-corrected chi connectivity index (χ0v) is 7.89. The molecule has 0 radical (unpaired) electrons. The summed E-state index contributed by atoms with van der Waals surface area (Å²) in [5, 5.41) is 3.78. The van der Waals surface area contributed by atoms with Crippen molar-refractivity contribution in [3.63, 3.8) is 0 Å². The van der Waals surface area contributed by atoms with Crippen molar-refractivity contribution in [1.29, 1.82) is 0 Å². The van der Waals surface area contributed by atoms with Crippen molar-refractivity contribution >= 4 is 12.2 Å². The minimum atomic E-state index is 0.301. The van der Waals surface area contributed by atoms with Crippen LogP contribution in [0, 0.1) is 11.8 Å². The molecule has 66 valence electrons. The zero-order valence-electron chi connectivity index (χ0n) is 7.07. The van der Waals surface area contributed by atoms with Gasteiger partial charge >= 0.3 is 0 Å². The average Bonchev–Trinajstić information content (AvgIpc) is 2.53. The summed E-state index contributed by atoms with van der Waals surface area (Å²) >= 11 is 4.77. The maximum absolute atomic E-state index is 4.77. The van der Waals surface area contributed by atoms with Gasteiger partial charge in [0.15, 0.2) is 5.82 Å². The molecule has 0 saturated heterocycles. The van der Waals surface area contributed by atoms with Crippen molar-refractivity contribution in [3.8, 4) is 11.4 Å². The molecular formula is C9H8N2OS. The molecule has 0 atom stereocenters. The molecule has 0 amide bonds. The third kappa shape index (κ3) is 1.67. The molecule has 0 aliphatic carbocycles. The number of aryl methyl sites for hydroxylation is 1. The lowest BCUT2D eigenvalue weighted by atomic mass is 10.1. The van der Waals surface area contributed by atoms with Gasteiger partial charge in [-0.3, -0.25) is 4.98 Å². The molecule has 2 aromatic rings.